The quantitative estimate of drug-likeness (QED) is 0.763. The van der Waals surface area contributed by atoms with E-state index in [1.165, 1.54) is 11.8 Å². The van der Waals surface area contributed by atoms with Crippen LogP contribution >= 0.6 is 0 Å². The first-order valence-corrected chi connectivity index (χ1v) is 5.95. The van der Waals surface area contributed by atoms with Crippen molar-refractivity contribution in [3.05, 3.63) is 42.5 Å². The Bertz CT molecular complexity index is 366. The van der Waals surface area contributed by atoms with Crippen molar-refractivity contribution in [1.82, 2.24) is 5.32 Å². The SMILES string of the molecule is C=CC(=O)NCc1ccc(N(CC)CC)cc1. The van der Waals surface area contributed by atoms with Crippen molar-refractivity contribution in [2.24, 2.45) is 0 Å². The molecule has 0 saturated heterocycles. The van der Waals surface area contributed by atoms with Crippen LogP contribution in [0.25, 0.3) is 0 Å². The Hall–Kier alpha value is -1.77. The van der Waals surface area contributed by atoms with E-state index in [1.807, 2.05) is 12.1 Å². The monoisotopic (exact) mass is 232 g/mol. The molecule has 0 bridgehead atoms. The Morgan fingerprint density at radius 3 is 2.35 bits per heavy atom. The van der Waals surface area contributed by atoms with Crippen molar-refractivity contribution >= 4 is 11.6 Å². The van der Waals surface area contributed by atoms with E-state index in [-0.39, 0.29) is 5.91 Å². The Morgan fingerprint density at radius 1 is 1.29 bits per heavy atom. The highest BCUT2D eigenvalue weighted by molar-refractivity contribution is 5.86. The molecule has 0 heterocycles. The number of anilines is 1. The maximum atomic E-state index is 11.0. The maximum Gasteiger partial charge on any atom is 0.243 e. The molecular formula is C14H20N2O. The smallest absolute Gasteiger partial charge is 0.243 e. The van der Waals surface area contributed by atoms with Crippen LogP contribution in [0.3, 0.4) is 0 Å². The summed E-state index contributed by atoms with van der Waals surface area (Å²) in [6, 6.07) is 8.25. The van der Waals surface area contributed by atoms with E-state index >= 15 is 0 Å². The number of nitrogens with zero attached hydrogens (tertiary/aromatic N) is 1. The molecule has 92 valence electrons. The van der Waals surface area contributed by atoms with Gasteiger partial charge in [0.15, 0.2) is 0 Å². The van der Waals surface area contributed by atoms with Crippen molar-refractivity contribution in [3.63, 3.8) is 0 Å². The van der Waals surface area contributed by atoms with Crippen molar-refractivity contribution < 1.29 is 4.79 Å². The summed E-state index contributed by atoms with van der Waals surface area (Å²) < 4.78 is 0. The molecule has 0 unspecified atom stereocenters. The number of carbonyl (C=O) groups is 1. The van der Waals surface area contributed by atoms with Crippen LogP contribution < -0.4 is 10.2 Å². The number of nitrogens with one attached hydrogen (secondary N) is 1. The molecule has 1 aromatic rings. The van der Waals surface area contributed by atoms with E-state index in [0.29, 0.717) is 6.54 Å². The second-order valence-corrected chi connectivity index (χ2v) is 3.76. The molecule has 0 spiro atoms. The van der Waals surface area contributed by atoms with Gasteiger partial charge >= 0.3 is 0 Å². The molecule has 1 N–H and O–H groups in total. The number of hydrogen-bond donors (Lipinski definition) is 1. The summed E-state index contributed by atoms with van der Waals surface area (Å²) in [6.07, 6.45) is 1.28. The van der Waals surface area contributed by atoms with Crippen LogP contribution in [0.5, 0.6) is 0 Å². The second-order valence-electron chi connectivity index (χ2n) is 3.76. The lowest BCUT2D eigenvalue weighted by molar-refractivity contribution is -0.116. The highest BCUT2D eigenvalue weighted by Gasteiger charge is 2.01. The van der Waals surface area contributed by atoms with Gasteiger partial charge in [-0.05, 0) is 37.6 Å². The molecule has 1 amide bonds. The molecule has 3 heteroatoms. The van der Waals surface area contributed by atoms with Gasteiger partial charge in [0, 0.05) is 25.3 Å². The summed E-state index contributed by atoms with van der Waals surface area (Å²) in [6.45, 7) is 10.2. The summed E-state index contributed by atoms with van der Waals surface area (Å²) >= 11 is 0. The van der Waals surface area contributed by atoms with Crippen LogP contribution in [0.1, 0.15) is 19.4 Å². The first kappa shape index (κ1) is 13.3. The van der Waals surface area contributed by atoms with Gasteiger partial charge in [-0.3, -0.25) is 4.79 Å². The predicted molar refractivity (Wildman–Crippen MR) is 72.0 cm³/mol. The first-order chi connectivity index (χ1) is 8.21. The fraction of sp³-hybridized carbons (Fsp3) is 0.357. The van der Waals surface area contributed by atoms with Gasteiger partial charge in [0.05, 0.1) is 0 Å². The number of hydrogen-bond acceptors (Lipinski definition) is 2. The van der Waals surface area contributed by atoms with Crippen LogP contribution in [-0.4, -0.2) is 19.0 Å². The highest BCUT2D eigenvalue weighted by atomic mass is 16.1. The van der Waals surface area contributed by atoms with Gasteiger partial charge in [-0.1, -0.05) is 18.7 Å². The fourth-order valence-corrected chi connectivity index (χ4v) is 1.67. The molecule has 1 rings (SSSR count). The zero-order chi connectivity index (χ0) is 12.7. The van der Waals surface area contributed by atoms with E-state index in [2.05, 4.69) is 42.8 Å². The minimum Gasteiger partial charge on any atom is -0.372 e. The third-order valence-corrected chi connectivity index (χ3v) is 2.72. The zero-order valence-corrected chi connectivity index (χ0v) is 10.6. The zero-order valence-electron chi connectivity index (χ0n) is 10.6. The van der Waals surface area contributed by atoms with E-state index in [0.717, 1.165) is 18.7 Å². The topological polar surface area (TPSA) is 32.3 Å². The minimum absolute atomic E-state index is 0.141. The van der Waals surface area contributed by atoms with Gasteiger partial charge in [0.2, 0.25) is 5.91 Å². The molecule has 0 saturated carbocycles. The van der Waals surface area contributed by atoms with Crippen molar-refractivity contribution in [1.29, 1.82) is 0 Å². The van der Waals surface area contributed by atoms with Gasteiger partial charge in [0.25, 0.3) is 0 Å². The number of carbonyl (C=O) groups excluding carboxylic acids is 1. The normalized spacial score (nSPS) is 9.76. The van der Waals surface area contributed by atoms with Gasteiger partial charge in [0.1, 0.15) is 0 Å². The van der Waals surface area contributed by atoms with Crippen molar-refractivity contribution in [2.45, 2.75) is 20.4 Å². The van der Waals surface area contributed by atoms with E-state index in [4.69, 9.17) is 0 Å². The molecule has 1 aromatic carbocycles. The van der Waals surface area contributed by atoms with Crippen molar-refractivity contribution in [2.75, 3.05) is 18.0 Å². The molecular weight excluding hydrogens is 212 g/mol. The Labute approximate surface area is 103 Å². The molecule has 0 aromatic heterocycles. The van der Waals surface area contributed by atoms with Crippen LogP contribution in [0.4, 0.5) is 5.69 Å². The summed E-state index contributed by atoms with van der Waals surface area (Å²) in [5.41, 5.74) is 2.31. The average Bonchev–Trinajstić information content (AvgIpc) is 2.38. The van der Waals surface area contributed by atoms with E-state index in [1.54, 1.807) is 0 Å². The summed E-state index contributed by atoms with van der Waals surface area (Å²) in [5, 5.41) is 2.75. The van der Waals surface area contributed by atoms with Gasteiger partial charge < -0.3 is 10.2 Å². The molecule has 3 nitrogen and oxygen atoms in total. The molecule has 0 radical (unpaired) electrons. The number of rotatable bonds is 6. The summed E-state index contributed by atoms with van der Waals surface area (Å²) in [5.74, 6) is -0.141. The molecule has 0 fully saturated rings. The fourth-order valence-electron chi connectivity index (χ4n) is 1.67. The Kier molecular flexibility index (Phi) is 5.27. The lowest BCUT2D eigenvalue weighted by atomic mass is 10.2. The predicted octanol–water partition coefficient (Wildman–Crippen LogP) is 2.33. The molecule has 0 aliphatic rings. The molecule has 0 atom stereocenters. The largest absolute Gasteiger partial charge is 0.372 e. The lowest BCUT2D eigenvalue weighted by Gasteiger charge is -2.21. The molecule has 0 aliphatic carbocycles. The maximum absolute atomic E-state index is 11.0. The van der Waals surface area contributed by atoms with Gasteiger partial charge in [-0.15, -0.1) is 0 Å². The number of amides is 1. The average molecular weight is 232 g/mol. The number of benzene rings is 1. The third-order valence-electron chi connectivity index (χ3n) is 2.72. The Morgan fingerprint density at radius 2 is 1.88 bits per heavy atom. The third kappa shape index (κ3) is 3.94. The highest BCUT2D eigenvalue weighted by Crippen LogP contribution is 2.14. The van der Waals surface area contributed by atoms with Gasteiger partial charge in [-0.2, -0.15) is 0 Å². The van der Waals surface area contributed by atoms with Crippen molar-refractivity contribution in [3.8, 4) is 0 Å². The van der Waals surface area contributed by atoms with Crippen LogP contribution in [-0.2, 0) is 11.3 Å². The minimum atomic E-state index is -0.141. The summed E-state index contributed by atoms with van der Waals surface area (Å²) in [7, 11) is 0. The Balaban J connectivity index is 2.61. The van der Waals surface area contributed by atoms with Crippen LogP contribution in [0.15, 0.2) is 36.9 Å². The van der Waals surface area contributed by atoms with Crippen LogP contribution in [0.2, 0.25) is 0 Å². The summed E-state index contributed by atoms with van der Waals surface area (Å²) in [4.78, 5) is 13.3. The molecule has 0 aliphatic heterocycles. The standard InChI is InChI=1S/C14H20N2O/c1-4-14(17)15-11-12-7-9-13(10-8-12)16(5-2)6-3/h4,7-10H,1,5-6,11H2,2-3H3,(H,15,17). The van der Waals surface area contributed by atoms with Gasteiger partial charge in [-0.25, -0.2) is 0 Å². The van der Waals surface area contributed by atoms with E-state index in [9.17, 15) is 4.79 Å². The van der Waals surface area contributed by atoms with E-state index < -0.39 is 0 Å². The second kappa shape index (κ2) is 6.74. The first-order valence-electron chi connectivity index (χ1n) is 5.95. The molecule has 17 heavy (non-hydrogen) atoms. The lowest BCUT2D eigenvalue weighted by Crippen LogP contribution is -2.22. The van der Waals surface area contributed by atoms with Crippen LogP contribution in [0, 0.1) is 0 Å².